The Morgan fingerprint density at radius 2 is 1.77 bits per heavy atom. The van der Waals surface area contributed by atoms with Crippen molar-refractivity contribution in [1.29, 1.82) is 0 Å². The molecular weight excluding hydrogens is 505 g/mol. The van der Waals surface area contributed by atoms with E-state index in [1.165, 1.54) is 24.4 Å². The van der Waals surface area contributed by atoms with Crippen molar-refractivity contribution in [3.8, 4) is 0 Å². The fourth-order valence-electron chi connectivity index (χ4n) is 4.46. The molecule has 11 nitrogen and oxygen atoms in total. The summed E-state index contributed by atoms with van der Waals surface area (Å²) in [6.07, 6.45) is 2.34. The second-order valence-electron chi connectivity index (χ2n) is 8.86. The summed E-state index contributed by atoms with van der Waals surface area (Å²) < 4.78 is 14.0. The number of rotatable bonds is 12. The largest absolute Gasteiger partial charge is 0.397 e. The quantitative estimate of drug-likeness (QED) is 0.149. The fraction of sp³-hybridized carbons (Fsp3) is 0.296. The molecule has 1 aromatic heterocycles. The highest BCUT2D eigenvalue weighted by molar-refractivity contribution is 6.04. The van der Waals surface area contributed by atoms with Crippen molar-refractivity contribution in [3.05, 3.63) is 93.5 Å². The van der Waals surface area contributed by atoms with Gasteiger partial charge >= 0.3 is 11.7 Å². The Bertz CT molecular complexity index is 1320. The molecule has 0 spiro atoms. The van der Waals surface area contributed by atoms with E-state index in [0.29, 0.717) is 48.4 Å². The molecule has 0 saturated carbocycles. The summed E-state index contributed by atoms with van der Waals surface area (Å²) in [6.45, 7) is 5.23. The molecule has 2 aromatic carbocycles. The zero-order chi connectivity index (χ0) is 28.5. The summed E-state index contributed by atoms with van der Waals surface area (Å²) in [7, 11) is 0. The van der Waals surface area contributed by atoms with E-state index in [9.17, 15) is 24.1 Å². The van der Waals surface area contributed by atoms with Crippen LogP contribution in [0.2, 0.25) is 0 Å². The lowest BCUT2D eigenvalue weighted by atomic mass is 9.94. The van der Waals surface area contributed by atoms with E-state index in [-0.39, 0.29) is 11.7 Å². The van der Waals surface area contributed by atoms with Crippen LogP contribution in [0.15, 0.2) is 60.8 Å². The van der Waals surface area contributed by atoms with Crippen molar-refractivity contribution >= 4 is 29.0 Å². The number of nitro groups is 1. The minimum absolute atomic E-state index is 0.152. The minimum Gasteiger partial charge on any atom is -0.397 e. The predicted molar refractivity (Wildman–Crippen MR) is 146 cm³/mol. The fourth-order valence-corrected chi connectivity index (χ4v) is 4.46. The number of nitro benzene ring substituents is 1. The molecule has 1 heterocycles. The number of pyridine rings is 1. The van der Waals surface area contributed by atoms with Gasteiger partial charge in [0.15, 0.2) is 0 Å². The molecule has 0 aliphatic heterocycles. The number of nitrogens with zero attached hydrogens (tertiary/aromatic N) is 3. The first-order valence-corrected chi connectivity index (χ1v) is 12.5. The molecule has 0 aliphatic rings. The third-order valence-corrected chi connectivity index (χ3v) is 6.48. The second kappa shape index (κ2) is 13.3. The molecular formula is C27H32FN7O4. The first kappa shape index (κ1) is 29.0. The Labute approximate surface area is 225 Å². The number of carbonyl (C=O) groups is 2. The molecule has 12 heteroatoms. The van der Waals surface area contributed by atoms with Crippen LogP contribution in [0.4, 0.5) is 26.2 Å². The number of nitrogen functional groups attached to an aromatic ring is 1. The van der Waals surface area contributed by atoms with Crippen molar-refractivity contribution < 1.29 is 18.9 Å². The number of para-hydroxylation sites is 2. The van der Waals surface area contributed by atoms with Crippen LogP contribution in [0.1, 0.15) is 60.4 Å². The van der Waals surface area contributed by atoms with Crippen LogP contribution >= 0.6 is 0 Å². The van der Waals surface area contributed by atoms with Crippen molar-refractivity contribution in [3.63, 3.8) is 0 Å². The molecule has 0 aliphatic carbocycles. The summed E-state index contributed by atoms with van der Waals surface area (Å²) in [5.74, 6) is -1.35. The molecule has 3 rings (SSSR count). The van der Waals surface area contributed by atoms with Gasteiger partial charge in [0.2, 0.25) is 5.82 Å². The summed E-state index contributed by atoms with van der Waals surface area (Å²) in [5, 5.41) is 16.7. The van der Waals surface area contributed by atoms with E-state index in [1.807, 2.05) is 13.8 Å². The number of amides is 3. The zero-order valence-corrected chi connectivity index (χ0v) is 21.8. The SMILES string of the molecule is CCN(CC)C(CCC(NC(N)=O)c1ccc(C(=O)Nc2ccccc2N)nc1)c1ccc(F)c([N+](=O)[O-])c1. The maximum Gasteiger partial charge on any atom is 0.312 e. The Balaban J connectivity index is 1.82. The molecule has 3 amide bonds. The standard InChI is InChI=1S/C27H32FN7O4/c1-3-34(4-2)24(17-9-11-19(28)25(15-17)35(38)39)14-13-21(33-27(30)37)18-10-12-23(31-16-18)26(36)32-22-8-6-5-7-20(22)29/h5-12,15-16,21,24H,3-4,13-14,29H2,1-2H3,(H,32,36)(H3,30,33,37). The van der Waals surface area contributed by atoms with Gasteiger partial charge in [-0.3, -0.25) is 24.8 Å². The van der Waals surface area contributed by atoms with Gasteiger partial charge in [0.05, 0.1) is 22.3 Å². The van der Waals surface area contributed by atoms with Gasteiger partial charge in [0.25, 0.3) is 5.91 Å². The first-order chi connectivity index (χ1) is 18.6. The summed E-state index contributed by atoms with van der Waals surface area (Å²) in [5.41, 5.74) is 13.0. The number of urea groups is 1. The number of benzene rings is 2. The van der Waals surface area contributed by atoms with Gasteiger partial charge in [0, 0.05) is 18.3 Å². The Hall–Kier alpha value is -4.58. The lowest BCUT2D eigenvalue weighted by Crippen LogP contribution is -2.35. The van der Waals surface area contributed by atoms with Crippen molar-refractivity contribution in [1.82, 2.24) is 15.2 Å². The lowest BCUT2D eigenvalue weighted by molar-refractivity contribution is -0.387. The minimum atomic E-state index is -0.902. The highest BCUT2D eigenvalue weighted by atomic mass is 19.1. The number of nitrogens with one attached hydrogen (secondary N) is 2. The van der Waals surface area contributed by atoms with E-state index >= 15 is 0 Å². The van der Waals surface area contributed by atoms with Gasteiger partial charge in [-0.05, 0) is 61.3 Å². The van der Waals surface area contributed by atoms with Gasteiger partial charge in [-0.2, -0.15) is 4.39 Å². The van der Waals surface area contributed by atoms with E-state index in [4.69, 9.17) is 11.5 Å². The van der Waals surface area contributed by atoms with Crippen molar-refractivity contribution in [2.75, 3.05) is 24.1 Å². The van der Waals surface area contributed by atoms with E-state index < -0.39 is 34.4 Å². The van der Waals surface area contributed by atoms with Crippen LogP contribution in [-0.4, -0.2) is 39.8 Å². The topological polar surface area (TPSA) is 170 Å². The monoisotopic (exact) mass is 537 g/mol. The number of nitrogens with two attached hydrogens (primary N) is 2. The predicted octanol–water partition coefficient (Wildman–Crippen LogP) is 4.54. The molecule has 0 saturated heterocycles. The average Bonchev–Trinajstić information content (AvgIpc) is 2.91. The molecule has 0 bridgehead atoms. The highest BCUT2D eigenvalue weighted by Crippen LogP contribution is 2.32. The number of hydrogen-bond acceptors (Lipinski definition) is 7. The summed E-state index contributed by atoms with van der Waals surface area (Å²) >= 11 is 0. The zero-order valence-electron chi connectivity index (χ0n) is 21.8. The van der Waals surface area contributed by atoms with Crippen LogP contribution in [0.3, 0.4) is 0 Å². The molecule has 2 atom stereocenters. The third-order valence-electron chi connectivity index (χ3n) is 6.48. The van der Waals surface area contributed by atoms with Gasteiger partial charge in [-0.15, -0.1) is 0 Å². The number of aromatic nitrogens is 1. The summed E-state index contributed by atoms with van der Waals surface area (Å²) in [6, 6.07) is 12.4. The third kappa shape index (κ3) is 7.48. The molecule has 206 valence electrons. The number of anilines is 2. The van der Waals surface area contributed by atoms with E-state index in [1.54, 1.807) is 30.3 Å². The molecule has 0 radical (unpaired) electrons. The number of halogens is 1. The van der Waals surface area contributed by atoms with Crippen LogP contribution in [0.5, 0.6) is 0 Å². The van der Waals surface area contributed by atoms with Crippen molar-refractivity contribution in [2.45, 2.75) is 38.8 Å². The molecule has 39 heavy (non-hydrogen) atoms. The Kier molecular flexibility index (Phi) is 9.87. The second-order valence-corrected chi connectivity index (χ2v) is 8.86. The van der Waals surface area contributed by atoms with Gasteiger partial charge in [-0.25, -0.2) is 4.79 Å². The molecule has 2 unspecified atom stereocenters. The van der Waals surface area contributed by atoms with Crippen LogP contribution in [0, 0.1) is 15.9 Å². The van der Waals surface area contributed by atoms with Crippen molar-refractivity contribution in [2.24, 2.45) is 5.73 Å². The maximum absolute atomic E-state index is 14.0. The van der Waals surface area contributed by atoms with Gasteiger partial charge < -0.3 is 22.1 Å². The first-order valence-electron chi connectivity index (χ1n) is 12.5. The molecule has 0 fully saturated rings. The van der Waals surface area contributed by atoms with Crippen LogP contribution in [0.25, 0.3) is 0 Å². The number of primary amides is 1. The molecule has 6 N–H and O–H groups in total. The highest BCUT2D eigenvalue weighted by Gasteiger charge is 2.25. The Morgan fingerprint density at radius 1 is 1.08 bits per heavy atom. The average molecular weight is 538 g/mol. The van der Waals surface area contributed by atoms with E-state index in [0.717, 1.165) is 6.07 Å². The maximum atomic E-state index is 14.0. The lowest BCUT2D eigenvalue weighted by Gasteiger charge is -2.31. The van der Waals surface area contributed by atoms with Crippen LogP contribution < -0.4 is 22.1 Å². The van der Waals surface area contributed by atoms with Gasteiger partial charge in [0.1, 0.15) is 5.69 Å². The smallest absolute Gasteiger partial charge is 0.312 e. The van der Waals surface area contributed by atoms with Gasteiger partial charge in [-0.1, -0.05) is 38.1 Å². The van der Waals surface area contributed by atoms with Crippen LogP contribution in [-0.2, 0) is 0 Å². The number of hydrogen-bond donors (Lipinski definition) is 4. The Morgan fingerprint density at radius 3 is 2.36 bits per heavy atom. The normalized spacial score (nSPS) is 12.5. The number of carbonyl (C=O) groups excluding carboxylic acids is 2. The van der Waals surface area contributed by atoms with E-state index in [2.05, 4.69) is 20.5 Å². The summed E-state index contributed by atoms with van der Waals surface area (Å²) in [4.78, 5) is 41.4. The molecule has 3 aromatic rings.